The van der Waals surface area contributed by atoms with E-state index >= 15 is 0 Å². The topological polar surface area (TPSA) is 81.2 Å². The summed E-state index contributed by atoms with van der Waals surface area (Å²) < 4.78 is 32.7. The first-order chi connectivity index (χ1) is 13.3. The summed E-state index contributed by atoms with van der Waals surface area (Å²) in [5.41, 5.74) is 6.95. The van der Waals surface area contributed by atoms with E-state index in [0.29, 0.717) is 11.8 Å². The molecule has 5 nitrogen and oxygen atoms in total. The van der Waals surface area contributed by atoms with E-state index < -0.39 is 29.3 Å². The van der Waals surface area contributed by atoms with Crippen LogP contribution in [0, 0.1) is 11.6 Å². The molecular weight excluding hydrogens is 364 g/mol. The molecule has 0 aliphatic rings. The first-order valence-corrected chi connectivity index (χ1v) is 8.87. The van der Waals surface area contributed by atoms with Gasteiger partial charge in [-0.2, -0.15) is 0 Å². The van der Waals surface area contributed by atoms with Crippen molar-refractivity contribution in [2.24, 2.45) is 0 Å². The number of nitrogen functional groups attached to an aromatic ring is 1. The number of hydrogen-bond acceptors (Lipinski definition) is 4. The molecule has 1 aromatic heterocycles. The fraction of sp³-hybridized carbons (Fsp3) is 0.238. The highest BCUT2D eigenvalue weighted by molar-refractivity contribution is 5.92. The summed E-state index contributed by atoms with van der Waals surface area (Å²) in [6.07, 6.45) is 1.25. The van der Waals surface area contributed by atoms with Gasteiger partial charge in [0.15, 0.2) is 5.69 Å². The molecule has 3 aromatic rings. The Labute approximate surface area is 161 Å². The van der Waals surface area contributed by atoms with Crippen molar-refractivity contribution in [1.82, 2.24) is 10.3 Å². The van der Waals surface area contributed by atoms with Crippen LogP contribution in [0.4, 0.5) is 14.5 Å². The zero-order valence-corrected chi connectivity index (χ0v) is 15.8. The van der Waals surface area contributed by atoms with E-state index in [2.05, 4.69) is 24.1 Å². The number of amides is 1. The molecule has 0 saturated heterocycles. The van der Waals surface area contributed by atoms with E-state index in [9.17, 15) is 13.6 Å². The van der Waals surface area contributed by atoms with Crippen molar-refractivity contribution in [3.8, 4) is 11.5 Å². The maximum Gasteiger partial charge on any atom is 0.273 e. The van der Waals surface area contributed by atoms with Gasteiger partial charge in [0.1, 0.15) is 23.6 Å². The summed E-state index contributed by atoms with van der Waals surface area (Å²) >= 11 is 0. The van der Waals surface area contributed by atoms with Crippen LogP contribution in [-0.4, -0.2) is 10.9 Å². The van der Waals surface area contributed by atoms with Crippen LogP contribution in [0.3, 0.4) is 0 Å². The molecule has 0 spiro atoms. The van der Waals surface area contributed by atoms with Gasteiger partial charge in [-0.1, -0.05) is 26.0 Å². The van der Waals surface area contributed by atoms with E-state index in [1.54, 1.807) is 6.92 Å². The number of carbonyl (C=O) groups is 1. The lowest BCUT2D eigenvalue weighted by molar-refractivity contribution is 0.0934. The highest BCUT2D eigenvalue weighted by Crippen LogP contribution is 2.25. The Balaban J connectivity index is 1.76. The normalized spacial score (nSPS) is 12.2. The minimum absolute atomic E-state index is 0.0770. The van der Waals surface area contributed by atoms with Crippen LogP contribution in [0.25, 0.3) is 11.5 Å². The number of aromatic nitrogens is 1. The Bertz CT molecular complexity index is 991. The maximum atomic E-state index is 13.6. The quantitative estimate of drug-likeness (QED) is 0.617. The van der Waals surface area contributed by atoms with Crippen molar-refractivity contribution < 1.29 is 18.0 Å². The summed E-state index contributed by atoms with van der Waals surface area (Å²) in [7, 11) is 0. The second-order valence-corrected chi connectivity index (χ2v) is 6.91. The Kier molecular flexibility index (Phi) is 5.44. The Morgan fingerprint density at radius 3 is 2.43 bits per heavy atom. The third-order valence-electron chi connectivity index (χ3n) is 4.49. The van der Waals surface area contributed by atoms with E-state index in [4.69, 9.17) is 10.2 Å². The summed E-state index contributed by atoms with van der Waals surface area (Å²) in [5.74, 6) is -1.58. The van der Waals surface area contributed by atoms with Gasteiger partial charge < -0.3 is 15.5 Å². The molecule has 0 saturated carbocycles. The van der Waals surface area contributed by atoms with Crippen molar-refractivity contribution in [2.75, 3.05) is 5.73 Å². The predicted molar refractivity (Wildman–Crippen MR) is 103 cm³/mol. The van der Waals surface area contributed by atoms with Gasteiger partial charge in [0.2, 0.25) is 5.89 Å². The number of nitrogens with two attached hydrogens (primary N) is 1. The lowest BCUT2D eigenvalue weighted by Gasteiger charge is -2.14. The molecule has 28 heavy (non-hydrogen) atoms. The number of rotatable bonds is 5. The highest BCUT2D eigenvalue weighted by atomic mass is 19.1. The molecule has 2 aromatic carbocycles. The minimum atomic E-state index is -0.871. The molecule has 3 N–H and O–H groups in total. The molecule has 1 atom stereocenters. The summed E-state index contributed by atoms with van der Waals surface area (Å²) in [6, 6.07) is 9.26. The van der Waals surface area contributed by atoms with Gasteiger partial charge in [0.25, 0.3) is 5.91 Å². The fourth-order valence-corrected chi connectivity index (χ4v) is 2.75. The average Bonchev–Trinajstić information content (AvgIpc) is 3.16. The lowest BCUT2D eigenvalue weighted by Crippen LogP contribution is -2.27. The highest BCUT2D eigenvalue weighted by Gasteiger charge is 2.18. The second-order valence-electron chi connectivity index (χ2n) is 6.91. The smallest absolute Gasteiger partial charge is 0.273 e. The molecule has 0 aliphatic heterocycles. The molecule has 0 radical (unpaired) electrons. The molecular formula is C21H21F2N3O2. The van der Waals surface area contributed by atoms with Gasteiger partial charge in [0, 0.05) is 5.56 Å². The number of oxazole rings is 1. The van der Waals surface area contributed by atoms with Crippen LogP contribution in [-0.2, 0) is 0 Å². The number of anilines is 1. The summed E-state index contributed by atoms with van der Waals surface area (Å²) in [5, 5.41) is 2.65. The van der Waals surface area contributed by atoms with Crippen LogP contribution in [0.5, 0.6) is 0 Å². The van der Waals surface area contributed by atoms with Gasteiger partial charge in [-0.15, -0.1) is 0 Å². The van der Waals surface area contributed by atoms with Crippen LogP contribution in [0.15, 0.2) is 47.1 Å². The zero-order valence-electron chi connectivity index (χ0n) is 15.8. The summed E-state index contributed by atoms with van der Waals surface area (Å²) in [6.45, 7) is 5.77. The number of carbonyl (C=O) groups excluding carboxylic acids is 1. The molecule has 0 bridgehead atoms. The van der Waals surface area contributed by atoms with E-state index in [0.717, 1.165) is 23.3 Å². The van der Waals surface area contributed by atoms with Gasteiger partial charge in [-0.25, -0.2) is 13.8 Å². The molecule has 0 aliphatic carbocycles. The van der Waals surface area contributed by atoms with Crippen LogP contribution >= 0.6 is 0 Å². The zero-order chi connectivity index (χ0) is 20.4. The van der Waals surface area contributed by atoms with Crippen molar-refractivity contribution in [1.29, 1.82) is 0 Å². The monoisotopic (exact) mass is 385 g/mol. The Morgan fingerprint density at radius 2 is 1.79 bits per heavy atom. The number of benzene rings is 2. The second kappa shape index (κ2) is 7.80. The van der Waals surface area contributed by atoms with Gasteiger partial charge in [0.05, 0.1) is 6.04 Å². The van der Waals surface area contributed by atoms with Crippen LogP contribution < -0.4 is 11.1 Å². The van der Waals surface area contributed by atoms with E-state index in [-0.39, 0.29) is 11.3 Å². The first-order valence-electron chi connectivity index (χ1n) is 8.87. The third-order valence-corrected chi connectivity index (χ3v) is 4.49. The SMILES string of the molecule is CC(C)c1cccc(-c2nc(C(=O)N[C@H](C)c3cc(F)c(N)c(F)c3)co2)c1. The number of hydrogen-bond donors (Lipinski definition) is 2. The van der Waals surface area contributed by atoms with Crippen LogP contribution in [0.2, 0.25) is 0 Å². The molecule has 146 valence electrons. The average molecular weight is 385 g/mol. The van der Waals surface area contributed by atoms with Gasteiger partial charge >= 0.3 is 0 Å². The predicted octanol–water partition coefficient (Wildman–Crippen LogP) is 4.82. The van der Waals surface area contributed by atoms with Crippen LogP contribution in [0.1, 0.15) is 54.3 Å². The van der Waals surface area contributed by atoms with Crippen molar-refractivity contribution >= 4 is 11.6 Å². The lowest BCUT2D eigenvalue weighted by atomic mass is 10.0. The standard InChI is InChI=1S/C21H21F2N3O2/c1-11(2)13-5-4-6-14(7-13)21-26-18(10-28-21)20(27)25-12(3)15-8-16(22)19(24)17(23)9-15/h4-12H,24H2,1-3H3,(H,25,27)/t12-/m1/s1. The summed E-state index contributed by atoms with van der Waals surface area (Å²) in [4.78, 5) is 16.7. The molecule has 3 rings (SSSR count). The van der Waals surface area contributed by atoms with E-state index in [1.807, 2.05) is 24.3 Å². The van der Waals surface area contributed by atoms with Crippen molar-refractivity contribution in [3.05, 3.63) is 71.1 Å². The van der Waals surface area contributed by atoms with Gasteiger partial charge in [-0.3, -0.25) is 4.79 Å². The molecule has 7 heteroatoms. The number of nitrogens with one attached hydrogen (secondary N) is 1. The fourth-order valence-electron chi connectivity index (χ4n) is 2.75. The van der Waals surface area contributed by atoms with Gasteiger partial charge in [-0.05, 0) is 48.2 Å². The maximum absolute atomic E-state index is 13.6. The first kappa shape index (κ1) is 19.5. The Hall–Kier alpha value is -3.22. The Morgan fingerprint density at radius 1 is 1.11 bits per heavy atom. The van der Waals surface area contributed by atoms with E-state index in [1.165, 1.54) is 6.26 Å². The number of halogens is 2. The number of nitrogens with zero attached hydrogens (tertiary/aromatic N) is 1. The molecule has 0 fully saturated rings. The van der Waals surface area contributed by atoms with Crippen molar-refractivity contribution in [2.45, 2.75) is 32.7 Å². The largest absolute Gasteiger partial charge is 0.444 e. The molecule has 1 heterocycles. The third kappa shape index (κ3) is 4.03. The molecule has 1 amide bonds. The molecule has 0 unspecified atom stereocenters. The minimum Gasteiger partial charge on any atom is -0.444 e. The van der Waals surface area contributed by atoms with Crippen molar-refractivity contribution in [3.63, 3.8) is 0 Å².